The molecule has 0 bridgehead atoms. The van der Waals surface area contributed by atoms with E-state index >= 15 is 0 Å². The van der Waals surface area contributed by atoms with Crippen LogP contribution in [-0.4, -0.2) is 55.0 Å². The number of ether oxygens (including phenoxy) is 1. The van der Waals surface area contributed by atoms with Gasteiger partial charge in [-0.1, -0.05) is 44.2 Å². The molecule has 1 heterocycles. The first kappa shape index (κ1) is 22.9. The summed E-state index contributed by atoms with van der Waals surface area (Å²) in [6.45, 7) is 5.25. The van der Waals surface area contributed by atoms with Gasteiger partial charge >= 0.3 is 5.97 Å². The minimum atomic E-state index is -0.718. The smallest absolute Gasteiger partial charge is 0.328 e. The van der Waals surface area contributed by atoms with Crippen LogP contribution in [0.15, 0.2) is 30.3 Å². The van der Waals surface area contributed by atoms with E-state index in [0.717, 1.165) is 12.0 Å². The Labute approximate surface area is 173 Å². The second kappa shape index (κ2) is 11.0. The van der Waals surface area contributed by atoms with Crippen LogP contribution in [-0.2, 0) is 25.5 Å². The Hall–Kier alpha value is -2.41. The molecule has 0 spiro atoms. The largest absolute Gasteiger partial charge is 0.467 e. The van der Waals surface area contributed by atoms with E-state index in [4.69, 9.17) is 4.74 Å². The number of benzene rings is 1. The molecule has 4 N–H and O–H groups in total. The maximum absolute atomic E-state index is 12.7. The predicted molar refractivity (Wildman–Crippen MR) is 110 cm³/mol. The number of amides is 2. The van der Waals surface area contributed by atoms with Gasteiger partial charge in [-0.3, -0.25) is 9.59 Å². The number of carbonyl (C=O) groups is 3. The molecule has 160 valence electrons. The molecule has 29 heavy (non-hydrogen) atoms. The summed E-state index contributed by atoms with van der Waals surface area (Å²) in [5, 5.41) is 2.85. The Kier molecular flexibility index (Phi) is 8.64. The Morgan fingerprint density at radius 1 is 1.17 bits per heavy atom. The molecule has 0 saturated carbocycles. The third-order valence-electron chi connectivity index (χ3n) is 5.37. The molecule has 1 aliphatic heterocycles. The van der Waals surface area contributed by atoms with Crippen LogP contribution in [0, 0.1) is 11.8 Å². The van der Waals surface area contributed by atoms with Crippen molar-refractivity contribution in [3.63, 3.8) is 0 Å². The van der Waals surface area contributed by atoms with Gasteiger partial charge in [0.25, 0.3) is 5.91 Å². The number of likely N-dealkylation sites (tertiary alicyclic amines) is 1. The molecule has 7 heteroatoms. The summed E-state index contributed by atoms with van der Waals surface area (Å²) in [7, 11) is 1.32. The lowest BCUT2D eigenvalue weighted by Crippen LogP contribution is -2.68. The average molecular weight is 405 g/mol. The van der Waals surface area contributed by atoms with Crippen molar-refractivity contribution in [1.29, 1.82) is 0 Å². The quantitative estimate of drug-likeness (QED) is 0.625. The lowest BCUT2D eigenvalue weighted by atomic mass is 9.94. The van der Waals surface area contributed by atoms with E-state index in [2.05, 4.69) is 24.9 Å². The second-order valence-corrected chi connectivity index (χ2v) is 8.20. The van der Waals surface area contributed by atoms with Crippen molar-refractivity contribution < 1.29 is 24.9 Å². The van der Waals surface area contributed by atoms with Crippen LogP contribution in [0.2, 0.25) is 0 Å². The molecule has 1 aliphatic rings. The highest BCUT2D eigenvalue weighted by Crippen LogP contribution is 2.19. The van der Waals surface area contributed by atoms with Crippen LogP contribution >= 0.6 is 0 Å². The molecule has 2 amide bonds. The summed E-state index contributed by atoms with van der Waals surface area (Å²) in [5.41, 5.74) is 4.95. The van der Waals surface area contributed by atoms with Gasteiger partial charge in [0, 0.05) is 31.8 Å². The molecule has 0 aromatic heterocycles. The zero-order chi connectivity index (χ0) is 21.4. The van der Waals surface area contributed by atoms with Crippen LogP contribution in [0.3, 0.4) is 0 Å². The highest BCUT2D eigenvalue weighted by molar-refractivity contribution is 5.86. The summed E-state index contributed by atoms with van der Waals surface area (Å²) >= 11 is 0. The molecule has 1 fully saturated rings. The number of rotatable bonds is 8. The number of esters is 1. The number of piperidine rings is 1. The average Bonchev–Trinajstić information content (AvgIpc) is 2.72. The molecular formula is C22H34N3O4+. The Balaban J connectivity index is 1.89. The zero-order valence-corrected chi connectivity index (χ0v) is 17.7. The van der Waals surface area contributed by atoms with E-state index in [0.29, 0.717) is 38.3 Å². The third kappa shape index (κ3) is 6.85. The fourth-order valence-electron chi connectivity index (χ4n) is 3.77. The molecule has 0 aliphatic carbocycles. The summed E-state index contributed by atoms with van der Waals surface area (Å²) < 4.78 is 4.87. The standard InChI is InChI=1S/C22H33N3O4/c1-15(2)13-18(23)21(27)25-11-9-17(10-12-25)20(26)24-19(22(28)29-3)14-16-7-5-4-6-8-16/h4-8,15,17-19H,9-14,23H2,1-3H3,(H,24,26)/p+1/t18-,19-/m0/s1. The molecular weight excluding hydrogens is 370 g/mol. The molecule has 7 nitrogen and oxygen atoms in total. The first-order valence-electron chi connectivity index (χ1n) is 10.4. The second-order valence-electron chi connectivity index (χ2n) is 8.20. The van der Waals surface area contributed by atoms with Crippen LogP contribution in [0.4, 0.5) is 0 Å². The lowest BCUT2D eigenvalue weighted by molar-refractivity contribution is -0.408. The highest BCUT2D eigenvalue weighted by Gasteiger charge is 2.33. The Morgan fingerprint density at radius 3 is 2.34 bits per heavy atom. The fourth-order valence-corrected chi connectivity index (χ4v) is 3.77. The normalized spacial score (nSPS) is 16.9. The third-order valence-corrected chi connectivity index (χ3v) is 5.37. The zero-order valence-electron chi connectivity index (χ0n) is 17.7. The van der Waals surface area contributed by atoms with Crippen molar-refractivity contribution in [2.24, 2.45) is 11.8 Å². The molecule has 1 aromatic carbocycles. The summed E-state index contributed by atoms with van der Waals surface area (Å²) in [6, 6.07) is 8.57. The van der Waals surface area contributed by atoms with E-state index < -0.39 is 12.0 Å². The van der Waals surface area contributed by atoms with Crippen LogP contribution < -0.4 is 11.1 Å². The first-order valence-corrected chi connectivity index (χ1v) is 10.4. The number of nitrogens with one attached hydrogen (secondary N) is 1. The van der Waals surface area contributed by atoms with Gasteiger partial charge in [0.2, 0.25) is 5.91 Å². The van der Waals surface area contributed by atoms with E-state index in [-0.39, 0.29) is 23.8 Å². The number of nitrogens with zero attached hydrogens (tertiary/aromatic N) is 1. The minimum absolute atomic E-state index is 0.0640. The monoisotopic (exact) mass is 404 g/mol. The Morgan fingerprint density at radius 2 is 1.79 bits per heavy atom. The number of quaternary nitrogens is 1. The maximum Gasteiger partial charge on any atom is 0.328 e. The SMILES string of the molecule is COC(=O)[C@H](Cc1ccccc1)NC(=O)C1CCN(C(=O)[C@@H]([NH3+])CC(C)C)CC1. The van der Waals surface area contributed by atoms with E-state index in [1.54, 1.807) is 0 Å². The van der Waals surface area contributed by atoms with Crippen molar-refractivity contribution in [3.8, 4) is 0 Å². The highest BCUT2D eigenvalue weighted by atomic mass is 16.5. The van der Waals surface area contributed by atoms with Crippen molar-refractivity contribution in [2.75, 3.05) is 20.2 Å². The first-order chi connectivity index (χ1) is 13.8. The molecule has 2 atom stereocenters. The Bertz CT molecular complexity index is 685. The van der Waals surface area contributed by atoms with Crippen molar-refractivity contribution in [3.05, 3.63) is 35.9 Å². The summed E-state index contributed by atoms with van der Waals surface area (Å²) in [4.78, 5) is 39.2. The molecule has 2 rings (SSSR count). The lowest BCUT2D eigenvalue weighted by Gasteiger charge is -2.32. The molecule has 0 unspecified atom stereocenters. The predicted octanol–water partition coefficient (Wildman–Crippen LogP) is 0.782. The van der Waals surface area contributed by atoms with Gasteiger partial charge in [0.1, 0.15) is 6.04 Å². The van der Waals surface area contributed by atoms with Crippen molar-refractivity contribution in [1.82, 2.24) is 10.2 Å². The van der Waals surface area contributed by atoms with Crippen LogP contribution in [0.25, 0.3) is 0 Å². The minimum Gasteiger partial charge on any atom is -0.467 e. The van der Waals surface area contributed by atoms with Crippen molar-refractivity contribution in [2.45, 2.75) is 51.6 Å². The van der Waals surface area contributed by atoms with Gasteiger partial charge in [-0.25, -0.2) is 4.79 Å². The number of carbonyl (C=O) groups excluding carboxylic acids is 3. The molecule has 1 saturated heterocycles. The van der Waals surface area contributed by atoms with Gasteiger partial charge in [-0.15, -0.1) is 0 Å². The van der Waals surface area contributed by atoms with Gasteiger partial charge in [-0.2, -0.15) is 0 Å². The van der Waals surface area contributed by atoms with Crippen LogP contribution in [0.5, 0.6) is 0 Å². The molecule has 0 radical (unpaired) electrons. The van der Waals surface area contributed by atoms with Gasteiger partial charge < -0.3 is 20.7 Å². The maximum atomic E-state index is 12.7. The summed E-state index contributed by atoms with van der Waals surface area (Å²) in [6.07, 6.45) is 2.32. The number of hydrogen-bond acceptors (Lipinski definition) is 4. The van der Waals surface area contributed by atoms with Gasteiger partial charge in [0.15, 0.2) is 6.04 Å². The fraction of sp³-hybridized carbons (Fsp3) is 0.591. The topological polar surface area (TPSA) is 103 Å². The summed E-state index contributed by atoms with van der Waals surface area (Å²) in [5.74, 6) is -0.339. The van der Waals surface area contributed by atoms with E-state index in [1.165, 1.54) is 7.11 Å². The van der Waals surface area contributed by atoms with Gasteiger partial charge in [0.05, 0.1) is 7.11 Å². The number of methoxy groups -OCH3 is 1. The van der Waals surface area contributed by atoms with E-state index in [9.17, 15) is 14.4 Å². The van der Waals surface area contributed by atoms with Crippen molar-refractivity contribution >= 4 is 17.8 Å². The number of hydrogen-bond donors (Lipinski definition) is 2. The van der Waals surface area contributed by atoms with Gasteiger partial charge in [-0.05, 0) is 24.3 Å². The van der Waals surface area contributed by atoms with E-state index in [1.807, 2.05) is 35.2 Å². The van der Waals surface area contributed by atoms with Crippen LogP contribution in [0.1, 0.15) is 38.7 Å². The molecule has 1 aromatic rings.